The molecular weight excluding hydrogens is 354 g/mol. The van der Waals surface area contributed by atoms with E-state index in [1.165, 1.54) is 25.7 Å². The second kappa shape index (κ2) is 7.57. The average Bonchev–Trinajstić information content (AvgIpc) is 3.37. The van der Waals surface area contributed by atoms with Crippen LogP contribution in [-0.2, 0) is 16.0 Å². The number of nitrogens with one attached hydrogen (secondary N) is 2. The maximum absolute atomic E-state index is 12.8. The fraction of sp³-hybridized carbons (Fsp3) is 0.591. The van der Waals surface area contributed by atoms with Crippen molar-refractivity contribution in [3.8, 4) is 0 Å². The second-order valence-corrected chi connectivity index (χ2v) is 8.71. The fourth-order valence-corrected chi connectivity index (χ4v) is 5.38. The minimum Gasteiger partial charge on any atom is -0.352 e. The molecule has 4 amide bonds. The van der Waals surface area contributed by atoms with Crippen LogP contribution in [0.25, 0.3) is 0 Å². The maximum atomic E-state index is 12.8. The Bertz CT molecular complexity index is 766. The van der Waals surface area contributed by atoms with E-state index in [9.17, 15) is 14.4 Å². The first kappa shape index (κ1) is 19.0. The summed E-state index contributed by atoms with van der Waals surface area (Å²) in [7, 11) is 0. The van der Waals surface area contributed by atoms with Gasteiger partial charge in [-0.05, 0) is 56.4 Å². The van der Waals surface area contributed by atoms with E-state index in [4.69, 9.17) is 0 Å². The molecule has 3 fully saturated rings. The van der Waals surface area contributed by atoms with Gasteiger partial charge < -0.3 is 10.6 Å². The lowest BCUT2D eigenvalue weighted by Crippen LogP contribution is -2.52. The standard InChI is InChI=1S/C22H29N3O3/c1-13(18-11-16-8-9-17(18)10-16)23-20(26)14(2)25-21(27)19(24-22(25)28)12-15-6-4-3-5-7-15/h3-7,13-14,16-19H,8-12H2,1-2H3,(H,23,26)(H,24,28)/t13-,14-,16-,17-,18+,19-/m0/s1. The molecule has 2 aliphatic carbocycles. The van der Waals surface area contributed by atoms with Gasteiger partial charge in [0.25, 0.3) is 5.91 Å². The Labute approximate surface area is 166 Å². The van der Waals surface area contributed by atoms with Crippen LogP contribution in [0.1, 0.15) is 45.1 Å². The molecule has 2 bridgehead atoms. The Hall–Kier alpha value is -2.37. The van der Waals surface area contributed by atoms with Gasteiger partial charge in [-0.1, -0.05) is 36.8 Å². The van der Waals surface area contributed by atoms with E-state index in [-0.39, 0.29) is 17.9 Å². The van der Waals surface area contributed by atoms with Gasteiger partial charge in [-0.15, -0.1) is 0 Å². The van der Waals surface area contributed by atoms with Gasteiger partial charge >= 0.3 is 6.03 Å². The van der Waals surface area contributed by atoms with Crippen LogP contribution in [0.4, 0.5) is 4.79 Å². The van der Waals surface area contributed by atoms with Crippen molar-refractivity contribution in [1.82, 2.24) is 15.5 Å². The molecule has 2 saturated carbocycles. The summed E-state index contributed by atoms with van der Waals surface area (Å²) in [6, 6.07) is 7.73. The third-order valence-corrected chi connectivity index (χ3v) is 6.91. The van der Waals surface area contributed by atoms with Crippen LogP contribution < -0.4 is 10.6 Å². The van der Waals surface area contributed by atoms with E-state index >= 15 is 0 Å². The molecule has 6 nitrogen and oxygen atoms in total. The number of benzene rings is 1. The highest BCUT2D eigenvalue weighted by atomic mass is 16.2. The lowest BCUT2D eigenvalue weighted by atomic mass is 9.84. The zero-order valence-corrected chi connectivity index (χ0v) is 16.6. The van der Waals surface area contributed by atoms with Gasteiger partial charge in [0.05, 0.1) is 0 Å². The number of urea groups is 1. The molecule has 1 heterocycles. The normalized spacial score (nSPS) is 31.0. The molecule has 6 atom stereocenters. The minimum absolute atomic E-state index is 0.0751. The van der Waals surface area contributed by atoms with Gasteiger partial charge in [0.15, 0.2) is 0 Å². The molecule has 6 heteroatoms. The smallest absolute Gasteiger partial charge is 0.325 e. The van der Waals surface area contributed by atoms with Crippen molar-refractivity contribution in [2.75, 3.05) is 0 Å². The Morgan fingerprint density at radius 1 is 1.18 bits per heavy atom. The van der Waals surface area contributed by atoms with Crippen LogP contribution in [0, 0.1) is 17.8 Å². The topological polar surface area (TPSA) is 78.5 Å². The molecule has 150 valence electrons. The number of carbonyl (C=O) groups excluding carboxylic acids is 3. The van der Waals surface area contributed by atoms with Crippen LogP contribution >= 0.6 is 0 Å². The lowest BCUT2D eigenvalue weighted by molar-refractivity contribution is -0.135. The van der Waals surface area contributed by atoms with E-state index < -0.39 is 18.1 Å². The van der Waals surface area contributed by atoms with E-state index in [2.05, 4.69) is 17.6 Å². The predicted octanol–water partition coefficient (Wildman–Crippen LogP) is 2.48. The van der Waals surface area contributed by atoms with Gasteiger partial charge in [-0.3, -0.25) is 14.5 Å². The van der Waals surface area contributed by atoms with Crippen molar-refractivity contribution in [2.45, 2.75) is 64.1 Å². The van der Waals surface area contributed by atoms with E-state index in [1.807, 2.05) is 30.3 Å². The van der Waals surface area contributed by atoms with E-state index in [0.717, 1.165) is 16.4 Å². The molecule has 0 spiro atoms. The number of hydrogen-bond acceptors (Lipinski definition) is 3. The van der Waals surface area contributed by atoms with E-state index in [1.54, 1.807) is 6.92 Å². The molecule has 4 rings (SSSR count). The van der Waals surface area contributed by atoms with Crippen molar-refractivity contribution >= 4 is 17.8 Å². The van der Waals surface area contributed by atoms with Gasteiger partial charge in [-0.25, -0.2) is 4.79 Å². The van der Waals surface area contributed by atoms with Crippen LogP contribution in [0.2, 0.25) is 0 Å². The largest absolute Gasteiger partial charge is 0.352 e. The first-order chi connectivity index (χ1) is 13.4. The van der Waals surface area contributed by atoms with Crippen LogP contribution in [0.3, 0.4) is 0 Å². The molecule has 0 unspecified atom stereocenters. The van der Waals surface area contributed by atoms with Crippen molar-refractivity contribution in [3.05, 3.63) is 35.9 Å². The molecule has 1 aromatic carbocycles. The summed E-state index contributed by atoms with van der Waals surface area (Å²) in [5, 5.41) is 5.80. The highest BCUT2D eigenvalue weighted by molar-refractivity contribution is 6.07. The molecule has 0 radical (unpaired) electrons. The summed E-state index contributed by atoms with van der Waals surface area (Å²) < 4.78 is 0. The molecule has 1 aliphatic heterocycles. The molecule has 2 N–H and O–H groups in total. The first-order valence-electron chi connectivity index (χ1n) is 10.4. The third-order valence-electron chi connectivity index (χ3n) is 6.91. The number of amides is 4. The molecule has 1 saturated heterocycles. The van der Waals surface area contributed by atoms with Crippen molar-refractivity contribution in [3.63, 3.8) is 0 Å². The minimum atomic E-state index is -0.811. The Morgan fingerprint density at radius 2 is 1.93 bits per heavy atom. The highest BCUT2D eigenvalue weighted by Crippen LogP contribution is 2.49. The number of rotatable bonds is 6. The van der Waals surface area contributed by atoms with Crippen molar-refractivity contribution in [2.24, 2.45) is 17.8 Å². The summed E-state index contributed by atoms with van der Waals surface area (Å²) in [5.41, 5.74) is 0.977. The quantitative estimate of drug-likeness (QED) is 0.741. The Morgan fingerprint density at radius 3 is 2.57 bits per heavy atom. The summed E-state index contributed by atoms with van der Waals surface area (Å²) in [5.74, 6) is 1.46. The number of fused-ring (bicyclic) bond motifs is 2. The molecular formula is C22H29N3O3. The van der Waals surface area contributed by atoms with E-state index in [0.29, 0.717) is 18.3 Å². The number of hydrogen-bond donors (Lipinski definition) is 2. The average molecular weight is 383 g/mol. The van der Waals surface area contributed by atoms with Gasteiger partial charge in [-0.2, -0.15) is 0 Å². The number of imide groups is 1. The van der Waals surface area contributed by atoms with Crippen molar-refractivity contribution < 1.29 is 14.4 Å². The SMILES string of the molecule is C[C@H](NC(=O)[C@H](C)N1C(=O)N[C@@H](Cc2ccccc2)C1=O)[C@H]1C[C@H]2CC[C@H]1C2. The fourth-order valence-electron chi connectivity index (χ4n) is 5.38. The number of carbonyl (C=O) groups is 3. The van der Waals surface area contributed by atoms with Crippen LogP contribution in [0.15, 0.2) is 30.3 Å². The van der Waals surface area contributed by atoms with Crippen LogP contribution in [0.5, 0.6) is 0 Å². The lowest BCUT2D eigenvalue weighted by Gasteiger charge is -2.30. The molecule has 28 heavy (non-hydrogen) atoms. The van der Waals surface area contributed by atoms with Gasteiger partial charge in [0.1, 0.15) is 12.1 Å². The Kier molecular flexibility index (Phi) is 5.13. The maximum Gasteiger partial charge on any atom is 0.325 e. The molecule has 1 aromatic rings. The van der Waals surface area contributed by atoms with Crippen molar-refractivity contribution in [1.29, 1.82) is 0 Å². The Balaban J connectivity index is 1.36. The second-order valence-electron chi connectivity index (χ2n) is 8.71. The summed E-state index contributed by atoms with van der Waals surface area (Å²) in [6.45, 7) is 3.69. The molecule has 0 aromatic heterocycles. The monoisotopic (exact) mass is 383 g/mol. The first-order valence-corrected chi connectivity index (χ1v) is 10.4. The van der Waals surface area contributed by atoms with Gasteiger partial charge in [0, 0.05) is 12.5 Å². The zero-order chi connectivity index (χ0) is 19.8. The van der Waals surface area contributed by atoms with Gasteiger partial charge in [0.2, 0.25) is 5.91 Å². The molecule has 3 aliphatic rings. The third kappa shape index (κ3) is 3.52. The summed E-state index contributed by atoms with van der Waals surface area (Å²) in [6.07, 6.45) is 5.48. The highest BCUT2D eigenvalue weighted by Gasteiger charge is 2.45. The predicted molar refractivity (Wildman–Crippen MR) is 105 cm³/mol. The summed E-state index contributed by atoms with van der Waals surface area (Å²) >= 11 is 0. The van der Waals surface area contributed by atoms with Crippen LogP contribution in [-0.4, -0.2) is 40.9 Å². The summed E-state index contributed by atoms with van der Waals surface area (Å²) in [4.78, 5) is 39.0. The zero-order valence-electron chi connectivity index (χ0n) is 16.6. The number of nitrogens with zero attached hydrogens (tertiary/aromatic N) is 1.